The number of likely N-dealkylation sites (tertiary alicyclic amines) is 1. The van der Waals surface area contributed by atoms with Gasteiger partial charge in [0.1, 0.15) is 22.3 Å². The zero-order valence-corrected chi connectivity index (χ0v) is 27.3. The smallest absolute Gasteiger partial charge is 0.411 e. The normalized spacial score (nSPS) is 26.5. The van der Waals surface area contributed by atoms with Crippen molar-refractivity contribution >= 4 is 34.4 Å². The van der Waals surface area contributed by atoms with Crippen LogP contribution in [0.3, 0.4) is 0 Å². The first-order chi connectivity index (χ1) is 24.6. The molecular weight excluding hydrogens is 641 g/mol. The predicted molar refractivity (Wildman–Crippen MR) is 169 cm³/mol. The quantitative estimate of drug-likeness (QED) is 0.299. The number of hydrogen-bond donors (Lipinski definition) is 0. The number of ether oxygens (including phenoxy) is 4. The Morgan fingerprint density at radius 2 is 1.87 bits per heavy atom. The molecule has 47 heavy (non-hydrogen) atoms. The SMILES string of the molecule is [2H]C([2H])([2H])OCC12CCC(CN(c3nc(OCC4(CN5CCC(=C(F)F)CC5)CC4)nc4c(F)c(Cl)nc(OC([2H])([2H])[2H])c34)C1)N2C(=O)OC(C)(C)C. The molecule has 1 saturated carbocycles. The van der Waals surface area contributed by atoms with E-state index in [0.717, 1.165) is 12.8 Å². The Kier molecular flexibility index (Phi) is 7.26. The summed E-state index contributed by atoms with van der Waals surface area (Å²) < 4.78 is 111. The summed E-state index contributed by atoms with van der Waals surface area (Å²) in [5, 5.41) is -0.919. The van der Waals surface area contributed by atoms with Crippen LogP contribution in [0.4, 0.5) is 23.8 Å². The van der Waals surface area contributed by atoms with Crippen molar-refractivity contribution in [3.63, 3.8) is 0 Å². The van der Waals surface area contributed by atoms with Gasteiger partial charge in [-0.3, -0.25) is 4.90 Å². The average Bonchev–Trinajstić information content (AvgIpc) is 3.76. The molecule has 15 heteroatoms. The van der Waals surface area contributed by atoms with Gasteiger partial charge in [-0.15, -0.1) is 0 Å². The fourth-order valence-corrected chi connectivity index (χ4v) is 7.21. The largest absolute Gasteiger partial charge is 0.480 e. The van der Waals surface area contributed by atoms with Crippen molar-refractivity contribution in [2.75, 3.05) is 64.9 Å². The molecule has 1 aliphatic carbocycles. The maximum atomic E-state index is 15.9. The summed E-state index contributed by atoms with van der Waals surface area (Å²) in [5.74, 6) is -1.68. The van der Waals surface area contributed by atoms with E-state index in [9.17, 15) is 13.6 Å². The van der Waals surface area contributed by atoms with E-state index in [4.69, 9.17) is 38.8 Å². The Morgan fingerprint density at radius 3 is 2.53 bits per heavy atom. The van der Waals surface area contributed by atoms with Crippen LogP contribution in [0, 0.1) is 11.2 Å². The molecule has 4 aliphatic rings. The maximum Gasteiger partial charge on any atom is 0.411 e. The molecule has 2 aromatic rings. The van der Waals surface area contributed by atoms with Crippen molar-refractivity contribution in [1.29, 1.82) is 0 Å². The summed E-state index contributed by atoms with van der Waals surface area (Å²) in [5.41, 5.74) is -2.69. The van der Waals surface area contributed by atoms with Crippen molar-refractivity contribution < 1.29 is 45.1 Å². The molecular formula is C32H42ClF3N6O5. The number of halogens is 4. The standard InChI is InChI=1S/C32H42ClF3N6O5/c1-30(2,3)47-29(43)42-20-6-9-32(42,18-44-4)16-41(14-20)26-21-23(22(34)24(33)38-27(21)45-5)37-28(39-26)46-17-31(10-11-31)15-40-12-7-19(8-13-40)25(35)36/h20H,6-18H2,1-5H3/i4D3,5D3. The lowest BCUT2D eigenvalue weighted by molar-refractivity contribution is -0.0261. The Bertz CT molecular complexity index is 1760. The molecule has 5 heterocycles. The second-order valence-electron chi connectivity index (χ2n) is 14.0. The zero-order chi connectivity index (χ0) is 38.7. The Hall–Kier alpha value is -3.10. The molecule has 11 nitrogen and oxygen atoms in total. The monoisotopic (exact) mass is 688 g/mol. The van der Waals surface area contributed by atoms with Gasteiger partial charge in [0.05, 0.1) is 40.1 Å². The first-order valence-electron chi connectivity index (χ1n) is 18.6. The fourth-order valence-electron chi connectivity index (χ4n) is 7.04. The molecule has 2 unspecified atom stereocenters. The zero-order valence-electron chi connectivity index (χ0n) is 32.5. The molecule has 0 N–H and O–H groups in total. The van der Waals surface area contributed by atoms with Crippen LogP contribution in [0.1, 0.15) is 67.5 Å². The van der Waals surface area contributed by atoms with Gasteiger partial charge in [-0.25, -0.2) is 9.18 Å². The minimum atomic E-state index is -3.03. The number of hydrogen-bond acceptors (Lipinski definition) is 10. The third kappa shape index (κ3) is 6.78. The van der Waals surface area contributed by atoms with E-state index in [2.05, 4.69) is 19.9 Å². The highest BCUT2D eigenvalue weighted by molar-refractivity contribution is 6.30. The van der Waals surface area contributed by atoms with Crippen molar-refractivity contribution in [2.24, 2.45) is 5.41 Å². The highest BCUT2D eigenvalue weighted by Gasteiger charge is 2.55. The van der Waals surface area contributed by atoms with Crippen LogP contribution in [0.2, 0.25) is 5.15 Å². The molecule has 6 rings (SSSR count). The molecule has 0 aromatic carbocycles. The fraction of sp³-hybridized carbons (Fsp3) is 0.688. The number of piperazine rings is 1. The first kappa shape index (κ1) is 26.8. The van der Waals surface area contributed by atoms with Crippen LogP contribution in [0.5, 0.6) is 11.9 Å². The molecule has 2 aromatic heterocycles. The summed E-state index contributed by atoms with van der Waals surface area (Å²) in [6.07, 6.45) is 0.623. The van der Waals surface area contributed by atoms with Gasteiger partial charge in [-0.1, -0.05) is 11.6 Å². The van der Waals surface area contributed by atoms with Crippen LogP contribution < -0.4 is 14.4 Å². The number of carbonyl (C=O) groups is 1. The molecule has 2 atom stereocenters. The third-order valence-corrected chi connectivity index (χ3v) is 9.74. The highest BCUT2D eigenvalue weighted by Crippen LogP contribution is 2.48. The van der Waals surface area contributed by atoms with Gasteiger partial charge >= 0.3 is 12.1 Å². The summed E-state index contributed by atoms with van der Waals surface area (Å²) >= 11 is 6.13. The van der Waals surface area contributed by atoms with Crippen molar-refractivity contribution in [3.8, 4) is 11.9 Å². The third-order valence-electron chi connectivity index (χ3n) is 9.49. The number of amides is 1. The lowest BCUT2D eigenvalue weighted by atomic mass is 9.96. The number of aromatic nitrogens is 3. The molecule has 3 saturated heterocycles. The number of pyridine rings is 1. The van der Waals surface area contributed by atoms with E-state index in [1.165, 1.54) is 4.90 Å². The molecule has 0 spiro atoms. The van der Waals surface area contributed by atoms with E-state index in [0.29, 0.717) is 32.5 Å². The highest BCUT2D eigenvalue weighted by atomic mass is 35.5. The van der Waals surface area contributed by atoms with E-state index in [1.54, 1.807) is 25.7 Å². The number of fused-ring (bicyclic) bond motifs is 3. The van der Waals surface area contributed by atoms with Crippen molar-refractivity contribution in [3.05, 3.63) is 22.6 Å². The van der Waals surface area contributed by atoms with Crippen LogP contribution in [-0.4, -0.2) is 108 Å². The van der Waals surface area contributed by atoms with Crippen LogP contribution >= 0.6 is 11.6 Å². The second kappa shape index (κ2) is 12.7. The summed E-state index contributed by atoms with van der Waals surface area (Å²) in [4.78, 5) is 31.7. The number of nitrogens with zero attached hydrogens (tertiary/aromatic N) is 6. The van der Waals surface area contributed by atoms with E-state index in [1.807, 2.05) is 0 Å². The van der Waals surface area contributed by atoms with E-state index >= 15 is 4.39 Å². The van der Waals surface area contributed by atoms with Crippen LogP contribution in [0.15, 0.2) is 11.7 Å². The number of anilines is 1. The van der Waals surface area contributed by atoms with Crippen molar-refractivity contribution in [1.82, 2.24) is 24.8 Å². The Balaban J connectivity index is 1.37. The molecule has 4 fully saturated rings. The lowest BCUT2D eigenvalue weighted by Gasteiger charge is -2.49. The number of piperidine rings is 1. The Morgan fingerprint density at radius 1 is 1.11 bits per heavy atom. The average molecular weight is 689 g/mol. The molecule has 3 aliphatic heterocycles. The van der Waals surface area contributed by atoms with Crippen LogP contribution in [-0.2, 0) is 9.47 Å². The topological polar surface area (TPSA) is 102 Å². The van der Waals surface area contributed by atoms with Crippen LogP contribution in [0.25, 0.3) is 10.9 Å². The summed E-state index contributed by atoms with van der Waals surface area (Å²) in [6.45, 7) is 6.41. The van der Waals surface area contributed by atoms with E-state index < -0.39 is 72.4 Å². The predicted octanol–water partition coefficient (Wildman–Crippen LogP) is 5.84. The van der Waals surface area contributed by atoms with Gasteiger partial charge in [0.25, 0.3) is 6.08 Å². The van der Waals surface area contributed by atoms with Gasteiger partial charge in [-0.2, -0.15) is 23.7 Å². The molecule has 258 valence electrons. The number of methoxy groups -OCH3 is 2. The first-order valence-corrected chi connectivity index (χ1v) is 16.0. The van der Waals surface area contributed by atoms with Gasteiger partial charge < -0.3 is 28.7 Å². The number of carbonyl (C=O) groups excluding carboxylic acids is 1. The molecule has 1 amide bonds. The summed E-state index contributed by atoms with van der Waals surface area (Å²) in [7, 11) is -5.83. The van der Waals surface area contributed by atoms with E-state index in [-0.39, 0.29) is 60.7 Å². The Labute approximate surface area is 285 Å². The van der Waals surface area contributed by atoms with Crippen molar-refractivity contribution in [2.45, 2.75) is 76.5 Å². The molecule has 0 radical (unpaired) electrons. The number of rotatable bonds is 9. The lowest BCUT2D eigenvalue weighted by Crippen LogP contribution is -2.66. The van der Waals surface area contributed by atoms with Gasteiger partial charge in [0.2, 0.25) is 5.88 Å². The second-order valence-corrected chi connectivity index (χ2v) is 14.4. The minimum absolute atomic E-state index is 0.0326. The maximum absolute atomic E-state index is 15.9. The van der Waals surface area contributed by atoms with Gasteiger partial charge in [0, 0.05) is 45.2 Å². The minimum Gasteiger partial charge on any atom is -0.480 e. The molecule has 2 bridgehead atoms. The van der Waals surface area contributed by atoms with Gasteiger partial charge in [-0.05, 0) is 64.9 Å². The van der Waals surface area contributed by atoms with Gasteiger partial charge in [0.15, 0.2) is 11.0 Å². The summed E-state index contributed by atoms with van der Waals surface area (Å²) in [6, 6.07) is -0.802.